The van der Waals surface area contributed by atoms with Crippen molar-refractivity contribution in [2.45, 2.75) is 110 Å². The molecule has 13 nitrogen and oxygen atoms in total. The number of aliphatic hydroxyl groups is 2. The third-order valence-electron chi connectivity index (χ3n) is 8.28. The summed E-state index contributed by atoms with van der Waals surface area (Å²) in [4.78, 5) is 63.8. The van der Waals surface area contributed by atoms with Gasteiger partial charge in [0.2, 0.25) is 23.6 Å². The molecular formula is C37H55N5O8. The van der Waals surface area contributed by atoms with Crippen LogP contribution in [0.25, 0.3) is 0 Å². The Hall–Kier alpha value is -4.49. The van der Waals surface area contributed by atoms with Crippen LogP contribution in [0.1, 0.15) is 71.9 Å². The highest BCUT2D eigenvalue weighted by molar-refractivity contribution is 5.91. The number of aliphatic hydroxyl groups excluding tert-OH is 2. The van der Waals surface area contributed by atoms with Gasteiger partial charge in [0.25, 0.3) is 0 Å². The predicted octanol–water partition coefficient (Wildman–Crippen LogP) is 2.34. The molecule has 5 amide bonds. The zero-order valence-electron chi connectivity index (χ0n) is 30.0. The first-order chi connectivity index (χ1) is 23.7. The number of carbonyl (C=O) groups excluding carboxylic acids is 5. The van der Waals surface area contributed by atoms with Crippen LogP contribution in [0.2, 0.25) is 0 Å². The summed E-state index contributed by atoms with van der Waals surface area (Å²) in [6.07, 6.45) is -1.02. The first kappa shape index (κ1) is 41.7. The highest BCUT2D eigenvalue weighted by Gasteiger charge is 2.29. The van der Waals surface area contributed by atoms with Crippen LogP contribution in [0.4, 0.5) is 4.79 Å². The Morgan fingerprint density at radius 3 is 1.76 bits per heavy atom. The molecule has 0 aromatic heterocycles. The van der Waals surface area contributed by atoms with E-state index in [1.54, 1.807) is 12.1 Å². The number of carbonyl (C=O) groups is 5. The molecular weight excluding hydrogens is 642 g/mol. The molecule has 0 fully saturated rings. The summed E-state index contributed by atoms with van der Waals surface area (Å²) >= 11 is 0. The van der Waals surface area contributed by atoms with Crippen LogP contribution in [-0.4, -0.2) is 82.9 Å². The molecule has 0 heterocycles. The van der Waals surface area contributed by atoms with Crippen LogP contribution < -0.4 is 26.6 Å². The van der Waals surface area contributed by atoms with Crippen molar-refractivity contribution in [3.8, 4) is 0 Å². The minimum atomic E-state index is -1.03. The van der Waals surface area contributed by atoms with Crippen LogP contribution in [0.3, 0.4) is 0 Å². The van der Waals surface area contributed by atoms with Crippen molar-refractivity contribution in [1.82, 2.24) is 26.6 Å². The Bertz CT molecular complexity index is 1360. The summed E-state index contributed by atoms with van der Waals surface area (Å²) in [5.41, 5.74) is 1.66. The van der Waals surface area contributed by atoms with Crippen LogP contribution in [-0.2, 0) is 36.9 Å². The standard InChI is InChI=1S/C37H55N5O8/c1-23(2)30(21-43)41-36(48)33(24(3)4)42-32(45)19-13-18-31(44)29(20-27-14-9-7-10-15-27)40-35(47)25(5)38-34(46)26(6)39-37(49)50-22-28-16-11-8-12-17-28/h7-12,14-17,23-26,29-31,33,43-44H,13,18-22H2,1-6H3,(H,38,46)(H,39,49)(H,40,47)(H,41,48)(H,42,45)/t25-,26-,29-,30+,31-,33-/m0/s1. The van der Waals surface area contributed by atoms with Gasteiger partial charge in [-0.25, -0.2) is 4.79 Å². The average Bonchev–Trinajstić information content (AvgIpc) is 3.08. The second-order valence-electron chi connectivity index (χ2n) is 13.3. The van der Waals surface area contributed by atoms with Gasteiger partial charge >= 0.3 is 6.09 Å². The highest BCUT2D eigenvalue weighted by atomic mass is 16.5. The monoisotopic (exact) mass is 697 g/mol. The first-order valence-electron chi connectivity index (χ1n) is 17.2. The van der Waals surface area contributed by atoms with Crippen molar-refractivity contribution in [3.05, 3.63) is 71.8 Å². The Labute approximate surface area is 295 Å². The molecule has 0 saturated carbocycles. The molecule has 0 bridgehead atoms. The second kappa shape index (κ2) is 21.6. The fourth-order valence-corrected chi connectivity index (χ4v) is 5.02. The average molecular weight is 698 g/mol. The van der Waals surface area contributed by atoms with Crippen LogP contribution in [0, 0.1) is 11.8 Å². The number of hydrogen-bond acceptors (Lipinski definition) is 8. The third kappa shape index (κ3) is 15.0. The van der Waals surface area contributed by atoms with Crippen molar-refractivity contribution in [1.29, 1.82) is 0 Å². The molecule has 0 spiro atoms. The number of ether oxygens (including phenoxy) is 1. The molecule has 50 heavy (non-hydrogen) atoms. The summed E-state index contributed by atoms with van der Waals surface area (Å²) < 4.78 is 5.16. The van der Waals surface area contributed by atoms with Gasteiger partial charge in [-0.05, 0) is 56.1 Å². The maximum atomic E-state index is 13.2. The predicted molar refractivity (Wildman–Crippen MR) is 189 cm³/mol. The molecule has 6 atom stereocenters. The Morgan fingerprint density at radius 1 is 0.660 bits per heavy atom. The van der Waals surface area contributed by atoms with E-state index in [1.165, 1.54) is 13.8 Å². The Morgan fingerprint density at radius 2 is 1.20 bits per heavy atom. The number of nitrogens with one attached hydrogen (secondary N) is 5. The van der Waals surface area contributed by atoms with Gasteiger partial charge in [0, 0.05) is 6.42 Å². The maximum Gasteiger partial charge on any atom is 0.408 e. The maximum absolute atomic E-state index is 13.2. The summed E-state index contributed by atoms with van der Waals surface area (Å²) in [5.74, 6) is -2.05. The van der Waals surface area contributed by atoms with Crippen molar-refractivity contribution >= 4 is 29.7 Å². The van der Waals surface area contributed by atoms with Crippen LogP contribution in [0.15, 0.2) is 60.7 Å². The molecule has 2 aromatic rings. The molecule has 2 rings (SSSR count). The SMILES string of the molecule is CC(C)[C@H](NC(=O)CCC[C@H](O)[C@H](Cc1ccccc1)NC(=O)[C@H](C)NC(=O)[C@H](C)NC(=O)OCc1ccccc1)C(=O)N[C@H](CO)C(C)C. The van der Waals surface area contributed by atoms with E-state index in [0.717, 1.165) is 11.1 Å². The lowest BCUT2D eigenvalue weighted by Gasteiger charge is -2.27. The van der Waals surface area contributed by atoms with Crippen LogP contribution >= 0.6 is 0 Å². The van der Waals surface area contributed by atoms with E-state index in [0.29, 0.717) is 6.42 Å². The molecule has 276 valence electrons. The van der Waals surface area contributed by atoms with Crippen molar-refractivity contribution in [2.24, 2.45) is 11.8 Å². The largest absolute Gasteiger partial charge is 0.445 e. The Kier molecular flexibility index (Phi) is 18.0. The van der Waals surface area contributed by atoms with Gasteiger partial charge < -0.3 is 41.5 Å². The lowest BCUT2D eigenvalue weighted by Crippen LogP contribution is -2.55. The summed E-state index contributed by atoms with van der Waals surface area (Å²) in [5, 5.41) is 34.2. The minimum absolute atomic E-state index is 0.0132. The van der Waals surface area contributed by atoms with Gasteiger partial charge in [-0.1, -0.05) is 88.4 Å². The smallest absolute Gasteiger partial charge is 0.408 e. The van der Waals surface area contributed by atoms with Crippen molar-refractivity contribution in [2.75, 3.05) is 6.61 Å². The van der Waals surface area contributed by atoms with E-state index in [9.17, 15) is 34.2 Å². The van der Waals surface area contributed by atoms with E-state index < -0.39 is 54.2 Å². The molecule has 0 unspecified atom stereocenters. The third-order valence-corrected chi connectivity index (χ3v) is 8.28. The van der Waals surface area contributed by atoms with E-state index in [-0.39, 0.29) is 56.1 Å². The highest BCUT2D eigenvalue weighted by Crippen LogP contribution is 2.13. The fraction of sp³-hybridized carbons (Fsp3) is 0.541. The summed E-state index contributed by atoms with van der Waals surface area (Å²) in [6, 6.07) is 14.4. The lowest BCUT2D eigenvalue weighted by atomic mass is 9.96. The summed E-state index contributed by atoms with van der Waals surface area (Å²) in [7, 11) is 0. The first-order valence-corrected chi connectivity index (χ1v) is 17.2. The molecule has 13 heteroatoms. The molecule has 0 aliphatic carbocycles. The second-order valence-corrected chi connectivity index (χ2v) is 13.3. The number of amides is 5. The van der Waals surface area contributed by atoms with Crippen molar-refractivity contribution in [3.63, 3.8) is 0 Å². The van der Waals surface area contributed by atoms with Gasteiger partial charge in [-0.15, -0.1) is 0 Å². The minimum Gasteiger partial charge on any atom is -0.445 e. The number of benzene rings is 2. The van der Waals surface area contributed by atoms with Gasteiger partial charge in [-0.3, -0.25) is 19.2 Å². The zero-order chi connectivity index (χ0) is 37.2. The van der Waals surface area contributed by atoms with E-state index >= 15 is 0 Å². The Balaban J connectivity index is 1.93. The molecule has 0 aliphatic heterocycles. The van der Waals surface area contributed by atoms with E-state index in [4.69, 9.17) is 4.74 Å². The molecule has 0 saturated heterocycles. The quantitative estimate of drug-likeness (QED) is 0.110. The fourth-order valence-electron chi connectivity index (χ4n) is 5.02. The topological polar surface area (TPSA) is 195 Å². The summed E-state index contributed by atoms with van der Waals surface area (Å²) in [6.45, 7) is 10.2. The normalized spacial score (nSPS) is 14.8. The van der Waals surface area contributed by atoms with E-state index in [1.807, 2.05) is 76.2 Å². The number of alkyl carbamates (subject to hydrolysis) is 1. The number of rotatable bonds is 20. The van der Waals surface area contributed by atoms with Gasteiger partial charge in [0.15, 0.2) is 0 Å². The lowest BCUT2D eigenvalue weighted by molar-refractivity contribution is -0.131. The van der Waals surface area contributed by atoms with E-state index in [2.05, 4.69) is 26.6 Å². The van der Waals surface area contributed by atoms with Gasteiger partial charge in [0.05, 0.1) is 24.8 Å². The van der Waals surface area contributed by atoms with Gasteiger partial charge in [-0.2, -0.15) is 0 Å². The molecule has 0 aliphatic rings. The van der Waals surface area contributed by atoms with Crippen LogP contribution in [0.5, 0.6) is 0 Å². The van der Waals surface area contributed by atoms with Gasteiger partial charge in [0.1, 0.15) is 24.7 Å². The van der Waals surface area contributed by atoms with Crippen molar-refractivity contribution < 1.29 is 38.9 Å². The molecule has 7 N–H and O–H groups in total. The zero-order valence-corrected chi connectivity index (χ0v) is 30.0. The number of hydrogen-bond donors (Lipinski definition) is 7. The molecule has 0 radical (unpaired) electrons. The molecule has 2 aromatic carbocycles.